The average Bonchev–Trinajstić information content (AvgIpc) is 2.24. The smallest absolute Gasteiger partial charge is 0.410 e. The lowest BCUT2D eigenvalue weighted by atomic mass is 10.2. The number of nitrogens with one attached hydrogen (secondary N) is 1. The summed E-state index contributed by atoms with van der Waals surface area (Å²) in [5, 5.41) is 2.51. The fourth-order valence-electron chi connectivity index (χ4n) is 0.884. The molecule has 99 valence electrons. The molecular weight excluding hydrogens is 222 g/mol. The molecule has 1 radical (unpaired) electrons. The van der Waals surface area contributed by atoms with Gasteiger partial charge < -0.3 is 14.8 Å². The Morgan fingerprint density at radius 1 is 1.18 bits per heavy atom. The maximum atomic E-state index is 11.4. The highest BCUT2D eigenvalue weighted by molar-refractivity contribution is 5.72. The van der Waals surface area contributed by atoms with Gasteiger partial charge in [-0.1, -0.05) is 34.6 Å². The number of carbonyl (C=O) groups excluding carboxylic acids is 2. The maximum absolute atomic E-state index is 11.4. The third-order valence-electron chi connectivity index (χ3n) is 1.92. The van der Waals surface area contributed by atoms with Crippen LogP contribution in [-0.2, 0) is 14.3 Å². The van der Waals surface area contributed by atoms with Crippen molar-refractivity contribution in [2.45, 2.75) is 40.4 Å². The number of esters is 1. The molecule has 0 aromatic rings. The molecule has 0 aromatic carbocycles. The number of rotatable bonds is 6. The predicted octanol–water partition coefficient (Wildman–Crippen LogP) is 2.12. The van der Waals surface area contributed by atoms with Gasteiger partial charge in [0.25, 0.3) is 6.29 Å². The maximum Gasteiger partial charge on any atom is 0.410 e. The van der Waals surface area contributed by atoms with Crippen molar-refractivity contribution in [3.05, 3.63) is 6.92 Å². The normalized spacial score (nSPS) is 12.4. The Labute approximate surface area is 103 Å². The summed E-state index contributed by atoms with van der Waals surface area (Å²) in [6, 6.07) is 0. The number of alkyl carbamates (subject to hydrolysis) is 1. The third kappa shape index (κ3) is 6.81. The van der Waals surface area contributed by atoms with Crippen molar-refractivity contribution < 1.29 is 19.1 Å². The molecule has 0 bridgehead atoms. The topological polar surface area (TPSA) is 64.6 Å². The Balaban J connectivity index is 4.24. The van der Waals surface area contributed by atoms with Crippen LogP contribution in [0.15, 0.2) is 0 Å². The molecule has 0 heterocycles. The summed E-state index contributed by atoms with van der Waals surface area (Å²) in [5.74, 6) is -0.723. The van der Waals surface area contributed by atoms with Crippen molar-refractivity contribution in [3.63, 3.8) is 0 Å². The van der Waals surface area contributed by atoms with Gasteiger partial charge in [-0.3, -0.25) is 4.79 Å². The van der Waals surface area contributed by atoms with Crippen molar-refractivity contribution in [2.75, 3.05) is 6.54 Å². The van der Waals surface area contributed by atoms with E-state index in [2.05, 4.69) is 12.2 Å². The van der Waals surface area contributed by atoms with Gasteiger partial charge in [-0.25, -0.2) is 4.79 Å². The lowest BCUT2D eigenvalue weighted by Gasteiger charge is -2.22. The molecule has 0 aliphatic carbocycles. The molecule has 0 fully saturated rings. The molecule has 0 spiro atoms. The van der Waals surface area contributed by atoms with Crippen LogP contribution in [0, 0.1) is 18.8 Å². The van der Waals surface area contributed by atoms with Crippen LogP contribution in [0.4, 0.5) is 4.79 Å². The van der Waals surface area contributed by atoms with Crippen molar-refractivity contribution >= 4 is 12.1 Å². The Bertz CT molecular complexity index is 251. The Kier molecular flexibility index (Phi) is 7.34. The number of carbonyl (C=O) groups is 2. The quantitative estimate of drug-likeness (QED) is 0.574. The molecule has 1 atom stereocenters. The molecule has 0 saturated heterocycles. The van der Waals surface area contributed by atoms with E-state index >= 15 is 0 Å². The lowest BCUT2D eigenvalue weighted by molar-refractivity contribution is -0.178. The number of hydrogen-bond acceptors (Lipinski definition) is 4. The van der Waals surface area contributed by atoms with Crippen LogP contribution in [0.25, 0.3) is 0 Å². The van der Waals surface area contributed by atoms with E-state index in [0.29, 0.717) is 13.0 Å². The summed E-state index contributed by atoms with van der Waals surface area (Å²) in [7, 11) is 0. The van der Waals surface area contributed by atoms with Gasteiger partial charge in [-0.15, -0.1) is 0 Å². The summed E-state index contributed by atoms with van der Waals surface area (Å²) < 4.78 is 10.1. The van der Waals surface area contributed by atoms with Gasteiger partial charge in [0, 0.05) is 12.5 Å². The first-order valence-corrected chi connectivity index (χ1v) is 5.82. The first-order chi connectivity index (χ1) is 7.88. The molecule has 5 nitrogen and oxygen atoms in total. The number of hydrogen-bond donors (Lipinski definition) is 1. The largest absolute Gasteiger partial charge is 0.425 e. The van der Waals surface area contributed by atoms with Crippen LogP contribution >= 0.6 is 0 Å². The van der Waals surface area contributed by atoms with Crippen LogP contribution < -0.4 is 5.32 Å². The van der Waals surface area contributed by atoms with Gasteiger partial charge in [-0.2, -0.15) is 0 Å². The van der Waals surface area contributed by atoms with Crippen LogP contribution in [-0.4, -0.2) is 24.9 Å². The second kappa shape index (κ2) is 7.92. The predicted molar refractivity (Wildman–Crippen MR) is 64.0 cm³/mol. The summed E-state index contributed by atoms with van der Waals surface area (Å²) in [5.41, 5.74) is 0. The summed E-state index contributed by atoms with van der Waals surface area (Å²) in [6.45, 7) is 11.1. The minimum atomic E-state index is -0.852. The Morgan fingerprint density at radius 3 is 2.18 bits per heavy atom. The third-order valence-corrected chi connectivity index (χ3v) is 1.92. The highest BCUT2D eigenvalue weighted by Gasteiger charge is 2.23. The molecule has 5 heteroatoms. The standard InChI is InChI=1S/C12H22NO4/c1-6-7-13-12(15)17-11(9(4)5)16-10(14)8(2)3/h8-9,11H,1,6-7H2,2-5H3,(H,13,15)/t11-/m0/s1. The van der Waals surface area contributed by atoms with Crippen LogP contribution in [0.1, 0.15) is 34.1 Å². The fraction of sp³-hybridized carbons (Fsp3) is 0.750. The Hall–Kier alpha value is -1.26. The number of amides is 1. The molecule has 1 N–H and O–H groups in total. The summed E-state index contributed by atoms with van der Waals surface area (Å²) >= 11 is 0. The van der Waals surface area contributed by atoms with E-state index in [1.165, 1.54) is 0 Å². The first-order valence-electron chi connectivity index (χ1n) is 5.82. The zero-order valence-corrected chi connectivity index (χ0v) is 11.0. The molecule has 0 unspecified atom stereocenters. The van der Waals surface area contributed by atoms with Gasteiger partial charge >= 0.3 is 12.1 Å². The van der Waals surface area contributed by atoms with Crippen molar-refractivity contribution in [2.24, 2.45) is 11.8 Å². The Morgan fingerprint density at radius 2 is 1.76 bits per heavy atom. The van der Waals surface area contributed by atoms with Gasteiger partial charge in [0.15, 0.2) is 0 Å². The molecule has 0 rings (SSSR count). The fourth-order valence-corrected chi connectivity index (χ4v) is 0.884. The minimum Gasteiger partial charge on any atom is -0.425 e. The van der Waals surface area contributed by atoms with E-state index in [1.807, 2.05) is 13.8 Å². The zero-order chi connectivity index (χ0) is 13.4. The molecule has 1 amide bonds. The highest BCUT2D eigenvalue weighted by Crippen LogP contribution is 2.11. The molecule has 0 aliphatic heterocycles. The summed E-state index contributed by atoms with van der Waals surface area (Å²) in [6.07, 6.45) is -0.869. The average molecular weight is 244 g/mol. The van der Waals surface area contributed by atoms with Gasteiger partial charge in [0.2, 0.25) is 0 Å². The molecule has 0 aliphatic rings. The zero-order valence-electron chi connectivity index (χ0n) is 11.0. The number of ether oxygens (including phenoxy) is 2. The minimum absolute atomic E-state index is 0.0943. The molecule has 17 heavy (non-hydrogen) atoms. The van der Waals surface area contributed by atoms with Gasteiger partial charge in [0.05, 0.1) is 5.92 Å². The van der Waals surface area contributed by atoms with Crippen LogP contribution in [0.2, 0.25) is 0 Å². The van der Waals surface area contributed by atoms with Gasteiger partial charge in [0.1, 0.15) is 0 Å². The van der Waals surface area contributed by atoms with Crippen LogP contribution in [0.3, 0.4) is 0 Å². The SMILES string of the molecule is [CH2]CCNC(=O)O[C@H](OC(=O)C(C)C)C(C)C. The molecular formula is C12H22NO4. The van der Waals surface area contributed by atoms with Crippen molar-refractivity contribution in [1.29, 1.82) is 0 Å². The van der Waals surface area contributed by atoms with E-state index in [0.717, 1.165) is 0 Å². The van der Waals surface area contributed by atoms with Gasteiger partial charge in [-0.05, 0) is 6.42 Å². The highest BCUT2D eigenvalue weighted by atomic mass is 16.7. The van der Waals surface area contributed by atoms with E-state index in [-0.39, 0.29) is 17.8 Å². The molecule has 0 aromatic heterocycles. The van der Waals surface area contributed by atoms with E-state index < -0.39 is 12.4 Å². The van der Waals surface area contributed by atoms with E-state index in [9.17, 15) is 9.59 Å². The van der Waals surface area contributed by atoms with E-state index in [4.69, 9.17) is 9.47 Å². The lowest BCUT2D eigenvalue weighted by Crippen LogP contribution is -2.35. The first kappa shape index (κ1) is 15.7. The second-order valence-electron chi connectivity index (χ2n) is 4.39. The van der Waals surface area contributed by atoms with Crippen molar-refractivity contribution in [1.82, 2.24) is 5.32 Å². The summed E-state index contributed by atoms with van der Waals surface area (Å²) in [4.78, 5) is 22.7. The monoisotopic (exact) mass is 244 g/mol. The van der Waals surface area contributed by atoms with E-state index in [1.54, 1.807) is 13.8 Å². The second-order valence-corrected chi connectivity index (χ2v) is 4.39. The van der Waals surface area contributed by atoms with Crippen molar-refractivity contribution in [3.8, 4) is 0 Å². The molecule has 0 saturated carbocycles. The van der Waals surface area contributed by atoms with Crippen LogP contribution in [0.5, 0.6) is 0 Å².